The molecule has 20 heavy (non-hydrogen) atoms. The lowest BCUT2D eigenvalue weighted by Crippen LogP contribution is -2.10. The molecule has 0 aromatic heterocycles. The van der Waals surface area contributed by atoms with Gasteiger partial charge in [0.15, 0.2) is 0 Å². The van der Waals surface area contributed by atoms with Crippen LogP contribution < -0.4 is 0 Å². The molecule has 0 saturated carbocycles. The summed E-state index contributed by atoms with van der Waals surface area (Å²) >= 11 is 17.8. The van der Waals surface area contributed by atoms with Crippen LogP contribution in [0.25, 0.3) is 0 Å². The van der Waals surface area contributed by atoms with Crippen molar-refractivity contribution in [1.82, 2.24) is 0 Å². The third-order valence-corrected chi connectivity index (χ3v) is 4.00. The van der Waals surface area contributed by atoms with Crippen LogP contribution in [-0.4, -0.2) is 0 Å². The lowest BCUT2D eigenvalue weighted by Gasteiger charge is -2.17. The van der Waals surface area contributed by atoms with Crippen LogP contribution in [0, 0.1) is 0 Å². The van der Waals surface area contributed by atoms with Gasteiger partial charge in [-0.05, 0) is 29.3 Å². The van der Waals surface area contributed by atoms with Gasteiger partial charge >= 0.3 is 6.18 Å². The van der Waals surface area contributed by atoms with E-state index in [1.165, 1.54) is 30.3 Å². The van der Waals surface area contributed by atoms with E-state index in [2.05, 4.69) is 0 Å². The van der Waals surface area contributed by atoms with Crippen LogP contribution in [0.15, 0.2) is 42.5 Å². The number of hydrogen-bond acceptors (Lipinski definition) is 0. The molecule has 0 spiro atoms. The molecule has 2 rings (SSSR count). The minimum absolute atomic E-state index is 0.0138. The summed E-state index contributed by atoms with van der Waals surface area (Å²) in [6.07, 6.45) is -4.46. The number of benzene rings is 2. The normalized spacial score (nSPS) is 13.3. The smallest absolute Gasteiger partial charge is 0.166 e. The average Bonchev–Trinajstić information content (AvgIpc) is 2.40. The molecule has 0 aliphatic carbocycles. The molecule has 0 fully saturated rings. The maximum atomic E-state index is 13.0. The number of rotatable bonds is 2. The fourth-order valence-corrected chi connectivity index (χ4v) is 2.46. The Labute approximate surface area is 129 Å². The van der Waals surface area contributed by atoms with Crippen LogP contribution in [0.3, 0.4) is 0 Å². The van der Waals surface area contributed by atoms with Crippen LogP contribution >= 0.6 is 34.8 Å². The molecular weight excluding hydrogens is 332 g/mol. The van der Waals surface area contributed by atoms with Crippen molar-refractivity contribution in [2.45, 2.75) is 11.6 Å². The first-order valence-corrected chi connectivity index (χ1v) is 6.75. The molecule has 0 heterocycles. The molecule has 0 bridgehead atoms. The van der Waals surface area contributed by atoms with Crippen molar-refractivity contribution in [3.63, 3.8) is 0 Å². The van der Waals surface area contributed by atoms with Crippen LogP contribution in [-0.2, 0) is 6.18 Å². The number of halogens is 6. The molecule has 0 saturated heterocycles. The van der Waals surface area contributed by atoms with Crippen molar-refractivity contribution >= 4 is 34.8 Å². The largest absolute Gasteiger partial charge is 0.416 e. The van der Waals surface area contributed by atoms with Crippen LogP contribution in [0.2, 0.25) is 10.0 Å². The second-order valence-electron chi connectivity index (χ2n) is 4.12. The molecule has 2 aromatic carbocycles. The summed E-state index contributed by atoms with van der Waals surface area (Å²) in [5, 5.41) is -0.384. The Kier molecular flexibility index (Phi) is 4.52. The van der Waals surface area contributed by atoms with E-state index in [9.17, 15) is 13.2 Å². The minimum Gasteiger partial charge on any atom is -0.166 e. The van der Waals surface area contributed by atoms with Gasteiger partial charge in [-0.25, -0.2) is 0 Å². The maximum Gasteiger partial charge on any atom is 0.416 e. The van der Waals surface area contributed by atoms with Crippen LogP contribution in [0.1, 0.15) is 22.1 Å². The summed E-state index contributed by atoms with van der Waals surface area (Å²) in [6, 6.07) is 9.71. The molecule has 0 aliphatic heterocycles. The topological polar surface area (TPSA) is 0 Å². The molecule has 2 aromatic rings. The highest BCUT2D eigenvalue weighted by atomic mass is 35.5. The van der Waals surface area contributed by atoms with E-state index in [0.717, 1.165) is 6.07 Å². The van der Waals surface area contributed by atoms with Gasteiger partial charge in [0.25, 0.3) is 0 Å². The Balaban J connectivity index is 2.48. The zero-order valence-corrected chi connectivity index (χ0v) is 12.2. The molecule has 0 radical (unpaired) electrons. The summed E-state index contributed by atoms with van der Waals surface area (Å²) < 4.78 is 38.9. The molecule has 1 unspecified atom stereocenters. The average molecular weight is 340 g/mol. The van der Waals surface area contributed by atoms with Crippen molar-refractivity contribution in [2.75, 3.05) is 0 Å². The zero-order chi connectivity index (χ0) is 14.9. The lowest BCUT2D eigenvalue weighted by atomic mass is 9.99. The third kappa shape index (κ3) is 3.22. The van der Waals surface area contributed by atoms with Crippen molar-refractivity contribution < 1.29 is 13.2 Å². The van der Waals surface area contributed by atoms with Crippen molar-refractivity contribution in [1.29, 1.82) is 0 Å². The quantitative estimate of drug-likeness (QED) is 0.560. The van der Waals surface area contributed by atoms with Crippen molar-refractivity contribution in [2.24, 2.45) is 0 Å². The van der Waals surface area contributed by atoms with Crippen LogP contribution in [0.4, 0.5) is 13.2 Å². The molecular formula is C14H8Cl3F3. The summed E-state index contributed by atoms with van der Waals surface area (Å²) in [6.45, 7) is 0. The summed E-state index contributed by atoms with van der Waals surface area (Å²) in [7, 11) is 0. The first kappa shape index (κ1) is 15.5. The Hall–Kier alpha value is -0.900. The lowest BCUT2D eigenvalue weighted by molar-refractivity contribution is -0.138. The van der Waals surface area contributed by atoms with E-state index in [4.69, 9.17) is 34.8 Å². The van der Waals surface area contributed by atoms with Gasteiger partial charge in [-0.15, -0.1) is 11.6 Å². The molecule has 0 nitrogen and oxygen atoms in total. The summed E-state index contributed by atoms with van der Waals surface area (Å²) in [4.78, 5) is 0. The molecule has 1 atom stereocenters. The third-order valence-electron chi connectivity index (χ3n) is 2.78. The van der Waals surface area contributed by atoms with E-state index in [-0.39, 0.29) is 10.6 Å². The van der Waals surface area contributed by atoms with Gasteiger partial charge in [0, 0.05) is 0 Å². The summed E-state index contributed by atoms with van der Waals surface area (Å²) in [5.74, 6) is 0. The highest BCUT2D eigenvalue weighted by Gasteiger charge is 2.34. The van der Waals surface area contributed by atoms with Crippen molar-refractivity contribution in [3.8, 4) is 0 Å². The van der Waals surface area contributed by atoms with Crippen molar-refractivity contribution in [3.05, 3.63) is 69.2 Å². The molecule has 0 amide bonds. The fraction of sp³-hybridized carbons (Fsp3) is 0.143. The Bertz CT molecular complexity index is 623. The Morgan fingerprint density at radius 1 is 0.900 bits per heavy atom. The standard InChI is InChI=1S/C14H8Cl3F3/c15-11-6-5-8(7-12(11)16)13(17)9-3-1-2-4-10(9)14(18,19)20/h1-7,13H. The highest BCUT2D eigenvalue weighted by Crippen LogP contribution is 2.40. The van der Waals surface area contributed by atoms with Gasteiger partial charge in [0.1, 0.15) is 0 Å². The van der Waals surface area contributed by atoms with E-state index < -0.39 is 17.1 Å². The first-order valence-electron chi connectivity index (χ1n) is 5.56. The summed E-state index contributed by atoms with van der Waals surface area (Å²) in [5.41, 5.74) is -0.316. The predicted octanol–water partition coefficient (Wildman–Crippen LogP) is 6.34. The molecule has 6 heteroatoms. The second-order valence-corrected chi connectivity index (χ2v) is 5.37. The van der Waals surface area contributed by atoms with Gasteiger partial charge in [-0.1, -0.05) is 47.5 Å². The monoisotopic (exact) mass is 338 g/mol. The van der Waals surface area contributed by atoms with Gasteiger partial charge in [-0.2, -0.15) is 13.2 Å². The second kappa shape index (κ2) is 5.84. The Morgan fingerprint density at radius 2 is 1.55 bits per heavy atom. The molecule has 0 aliphatic rings. The van der Waals surface area contributed by atoms with Crippen LogP contribution in [0.5, 0.6) is 0 Å². The van der Waals surface area contributed by atoms with Gasteiger partial charge in [0.05, 0.1) is 21.0 Å². The van der Waals surface area contributed by atoms with Gasteiger partial charge in [-0.3, -0.25) is 0 Å². The maximum absolute atomic E-state index is 13.0. The zero-order valence-electron chi connectivity index (χ0n) is 9.89. The van der Waals surface area contributed by atoms with E-state index in [1.807, 2.05) is 0 Å². The molecule has 106 valence electrons. The van der Waals surface area contributed by atoms with E-state index >= 15 is 0 Å². The SMILES string of the molecule is FC(F)(F)c1ccccc1C(Cl)c1ccc(Cl)c(Cl)c1. The van der Waals surface area contributed by atoms with Gasteiger partial charge < -0.3 is 0 Å². The van der Waals surface area contributed by atoms with E-state index in [0.29, 0.717) is 10.6 Å². The number of alkyl halides is 4. The highest BCUT2D eigenvalue weighted by molar-refractivity contribution is 6.42. The first-order chi connectivity index (χ1) is 9.30. The predicted molar refractivity (Wildman–Crippen MR) is 75.6 cm³/mol. The Morgan fingerprint density at radius 3 is 2.15 bits per heavy atom. The molecule has 0 N–H and O–H groups in total. The minimum atomic E-state index is -4.46. The fourth-order valence-electron chi connectivity index (χ4n) is 1.83. The van der Waals surface area contributed by atoms with Gasteiger partial charge in [0.2, 0.25) is 0 Å². The van der Waals surface area contributed by atoms with E-state index in [1.54, 1.807) is 6.07 Å². The number of hydrogen-bond donors (Lipinski definition) is 0.